The number of imide groups is 1. The van der Waals surface area contributed by atoms with Crippen LogP contribution in [-0.4, -0.2) is 51.3 Å². The number of benzene rings is 2. The molecule has 2 aliphatic rings. The molecule has 3 aromatic rings. The molecule has 0 saturated carbocycles. The van der Waals surface area contributed by atoms with Crippen LogP contribution >= 0.6 is 0 Å². The molecule has 0 radical (unpaired) electrons. The van der Waals surface area contributed by atoms with Gasteiger partial charge < -0.3 is 4.90 Å². The molecule has 3 heterocycles. The highest BCUT2D eigenvalue weighted by molar-refractivity contribution is 6.20. The molecule has 0 spiro atoms. The molecule has 1 aromatic heterocycles. The monoisotopic (exact) mass is 501 g/mol. The number of carbonyl (C=O) groups is 3. The highest BCUT2D eigenvalue weighted by Gasteiger charge is 2.56. The van der Waals surface area contributed by atoms with E-state index in [1.165, 1.54) is 22.9 Å². The minimum atomic E-state index is -1.53. The number of fused-ring (bicyclic) bond motifs is 1. The molecule has 0 N–H and O–H groups in total. The van der Waals surface area contributed by atoms with Crippen LogP contribution in [0.2, 0.25) is 0 Å². The number of carbonyl (C=O) groups excluding carboxylic acids is 3. The Morgan fingerprint density at radius 3 is 2.30 bits per heavy atom. The fourth-order valence-corrected chi connectivity index (χ4v) is 4.58. The molecule has 2 aliphatic heterocycles. The lowest BCUT2D eigenvalue weighted by atomic mass is 9.88. The lowest BCUT2D eigenvalue weighted by Gasteiger charge is -2.51. The summed E-state index contributed by atoms with van der Waals surface area (Å²) in [6.07, 6.45) is 1.06. The first-order valence-corrected chi connectivity index (χ1v) is 11.5. The van der Waals surface area contributed by atoms with Crippen LogP contribution in [0.4, 0.5) is 25.1 Å². The Hall–Kier alpha value is -4.65. The Kier molecular flexibility index (Phi) is 5.91. The normalized spacial score (nSPS) is 19.5. The first-order valence-electron chi connectivity index (χ1n) is 11.5. The van der Waals surface area contributed by atoms with Crippen LogP contribution in [-0.2, 0) is 9.59 Å². The zero-order chi connectivity index (χ0) is 26.3. The fourth-order valence-electron chi connectivity index (χ4n) is 4.58. The largest absolute Gasteiger partial charge is 0.332 e. The van der Waals surface area contributed by atoms with Gasteiger partial charge in [-0.25, -0.2) is 28.4 Å². The SMILES string of the molecule is Cc1nccc(N2CCN3C(=O)N(c4c(F)cc(C#Cc5ccccc5)cc4F)C(=O)CC3(C)C2=O)n1. The molecule has 0 aliphatic carbocycles. The van der Waals surface area contributed by atoms with Crippen LogP contribution in [0.15, 0.2) is 54.7 Å². The quantitative estimate of drug-likeness (QED) is 0.503. The van der Waals surface area contributed by atoms with E-state index in [0.717, 1.165) is 12.1 Å². The zero-order valence-electron chi connectivity index (χ0n) is 20.0. The second-order valence-electron chi connectivity index (χ2n) is 8.94. The van der Waals surface area contributed by atoms with E-state index in [1.54, 1.807) is 37.3 Å². The van der Waals surface area contributed by atoms with Gasteiger partial charge in [-0.15, -0.1) is 0 Å². The van der Waals surface area contributed by atoms with Gasteiger partial charge in [-0.1, -0.05) is 30.0 Å². The average Bonchev–Trinajstić information content (AvgIpc) is 2.86. The molecule has 1 unspecified atom stereocenters. The van der Waals surface area contributed by atoms with Gasteiger partial charge in [0.2, 0.25) is 5.91 Å². The molecule has 5 rings (SSSR count). The van der Waals surface area contributed by atoms with E-state index in [1.807, 2.05) is 6.07 Å². The molecule has 8 nitrogen and oxygen atoms in total. The minimum absolute atomic E-state index is 0.0395. The van der Waals surface area contributed by atoms with Crippen LogP contribution in [0.3, 0.4) is 0 Å². The average molecular weight is 501 g/mol. The molecule has 10 heteroatoms. The summed E-state index contributed by atoms with van der Waals surface area (Å²) < 4.78 is 30.2. The number of amides is 4. The number of hydrogen-bond acceptors (Lipinski definition) is 5. The Morgan fingerprint density at radius 1 is 0.946 bits per heavy atom. The van der Waals surface area contributed by atoms with Crippen LogP contribution < -0.4 is 9.80 Å². The van der Waals surface area contributed by atoms with Crippen molar-refractivity contribution in [1.29, 1.82) is 0 Å². The maximum atomic E-state index is 15.1. The Balaban J connectivity index is 1.44. The summed E-state index contributed by atoms with van der Waals surface area (Å²) in [5.41, 5.74) is -1.61. The summed E-state index contributed by atoms with van der Waals surface area (Å²) in [5.74, 6) is 2.70. The van der Waals surface area contributed by atoms with Crippen molar-refractivity contribution < 1.29 is 23.2 Å². The Bertz CT molecular complexity index is 1480. The third-order valence-electron chi connectivity index (χ3n) is 6.42. The molecule has 4 amide bonds. The number of rotatable bonds is 2. The number of hydrogen-bond donors (Lipinski definition) is 0. The van der Waals surface area contributed by atoms with E-state index in [9.17, 15) is 14.4 Å². The molecule has 37 heavy (non-hydrogen) atoms. The van der Waals surface area contributed by atoms with Gasteiger partial charge in [0.05, 0.1) is 6.42 Å². The predicted molar refractivity (Wildman–Crippen MR) is 131 cm³/mol. The number of halogens is 2. The van der Waals surface area contributed by atoms with Crippen molar-refractivity contribution in [2.24, 2.45) is 0 Å². The van der Waals surface area contributed by atoms with Gasteiger partial charge in [0.1, 0.15) is 22.9 Å². The van der Waals surface area contributed by atoms with E-state index in [-0.39, 0.29) is 18.7 Å². The third-order valence-corrected chi connectivity index (χ3v) is 6.42. The number of nitrogens with zero attached hydrogens (tertiary/aromatic N) is 5. The Labute approximate surface area is 211 Å². The fraction of sp³-hybridized carbons (Fsp3) is 0.222. The van der Waals surface area contributed by atoms with E-state index in [0.29, 0.717) is 22.1 Å². The van der Waals surface area contributed by atoms with Crippen LogP contribution in [0.5, 0.6) is 0 Å². The van der Waals surface area contributed by atoms with Crippen molar-refractivity contribution in [1.82, 2.24) is 14.9 Å². The standard InChI is InChI=1S/C27H21F2N5O3/c1-17-30-11-10-22(31-17)32-12-13-33-26(37)34(23(35)16-27(33,2)25(32)36)24-20(28)14-19(15-21(24)29)9-8-18-6-4-3-5-7-18/h3-7,10-11,14-15H,12-13,16H2,1-2H3. The zero-order valence-corrected chi connectivity index (χ0v) is 20.0. The minimum Gasteiger partial charge on any atom is -0.307 e. The number of urea groups is 1. The first kappa shape index (κ1) is 24.1. The van der Waals surface area contributed by atoms with Crippen molar-refractivity contribution >= 4 is 29.4 Å². The molecule has 2 fully saturated rings. The van der Waals surface area contributed by atoms with Gasteiger partial charge in [-0.2, -0.15) is 0 Å². The lowest BCUT2D eigenvalue weighted by Crippen LogP contribution is -2.73. The molecular formula is C27H21F2N5O3. The molecule has 2 saturated heterocycles. The van der Waals surface area contributed by atoms with Gasteiger partial charge in [0.25, 0.3) is 5.91 Å². The topological polar surface area (TPSA) is 86.7 Å². The van der Waals surface area contributed by atoms with Gasteiger partial charge in [0.15, 0.2) is 11.6 Å². The second kappa shape index (κ2) is 9.09. The summed E-state index contributed by atoms with van der Waals surface area (Å²) >= 11 is 0. The van der Waals surface area contributed by atoms with Crippen LogP contribution in [0, 0.1) is 30.4 Å². The molecule has 0 bridgehead atoms. The van der Waals surface area contributed by atoms with E-state index < -0.39 is 47.1 Å². The lowest BCUT2D eigenvalue weighted by molar-refractivity contribution is -0.137. The molecule has 2 aromatic carbocycles. The smallest absolute Gasteiger partial charge is 0.307 e. The number of aryl methyl sites for hydroxylation is 1. The number of piperazine rings is 1. The maximum absolute atomic E-state index is 15.1. The highest BCUT2D eigenvalue weighted by atomic mass is 19.1. The predicted octanol–water partition coefficient (Wildman–Crippen LogP) is 3.43. The van der Waals surface area contributed by atoms with Crippen molar-refractivity contribution in [2.45, 2.75) is 25.8 Å². The summed E-state index contributed by atoms with van der Waals surface area (Å²) in [6, 6.07) is 11.4. The number of aromatic nitrogens is 2. The van der Waals surface area contributed by atoms with E-state index >= 15 is 8.78 Å². The van der Waals surface area contributed by atoms with Crippen molar-refractivity contribution in [2.75, 3.05) is 22.9 Å². The summed E-state index contributed by atoms with van der Waals surface area (Å²) in [7, 11) is 0. The van der Waals surface area contributed by atoms with E-state index in [2.05, 4.69) is 21.8 Å². The third kappa shape index (κ3) is 4.18. The van der Waals surface area contributed by atoms with Crippen molar-refractivity contribution in [3.05, 3.63) is 83.3 Å². The van der Waals surface area contributed by atoms with Gasteiger partial charge in [0, 0.05) is 30.4 Å². The van der Waals surface area contributed by atoms with E-state index in [4.69, 9.17) is 0 Å². The van der Waals surface area contributed by atoms with Crippen molar-refractivity contribution in [3.8, 4) is 11.8 Å². The summed E-state index contributed by atoms with van der Waals surface area (Å²) in [5, 5.41) is 0. The summed E-state index contributed by atoms with van der Waals surface area (Å²) in [4.78, 5) is 51.3. The van der Waals surface area contributed by atoms with Gasteiger partial charge in [-0.05, 0) is 44.2 Å². The van der Waals surface area contributed by atoms with Crippen LogP contribution in [0.25, 0.3) is 0 Å². The number of anilines is 2. The van der Waals surface area contributed by atoms with Gasteiger partial charge >= 0.3 is 6.03 Å². The van der Waals surface area contributed by atoms with Gasteiger partial charge in [-0.3, -0.25) is 14.5 Å². The molecule has 186 valence electrons. The maximum Gasteiger partial charge on any atom is 0.332 e. The Morgan fingerprint density at radius 2 is 1.62 bits per heavy atom. The van der Waals surface area contributed by atoms with Crippen molar-refractivity contribution in [3.63, 3.8) is 0 Å². The molecular weight excluding hydrogens is 480 g/mol. The summed E-state index contributed by atoms with van der Waals surface area (Å²) in [6.45, 7) is 3.28. The highest BCUT2D eigenvalue weighted by Crippen LogP contribution is 2.37. The first-order chi connectivity index (χ1) is 17.7. The second-order valence-corrected chi connectivity index (χ2v) is 8.94. The molecule has 1 atom stereocenters. The van der Waals surface area contributed by atoms with Crippen LogP contribution in [0.1, 0.15) is 30.3 Å².